The van der Waals surface area contributed by atoms with Crippen molar-refractivity contribution >= 4 is 5.69 Å². The number of aryl methyl sites for hydroxylation is 2. The van der Waals surface area contributed by atoms with E-state index in [4.69, 9.17) is 0 Å². The normalized spacial score (nSPS) is 23.6. The van der Waals surface area contributed by atoms with E-state index in [1.807, 2.05) is 0 Å². The van der Waals surface area contributed by atoms with Crippen LogP contribution in [0.15, 0.2) is 18.2 Å². The molecule has 0 atom stereocenters. The van der Waals surface area contributed by atoms with Gasteiger partial charge in [0, 0.05) is 11.7 Å². The van der Waals surface area contributed by atoms with Crippen molar-refractivity contribution in [3.05, 3.63) is 29.3 Å². The van der Waals surface area contributed by atoms with Crippen LogP contribution in [0.5, 0.6) is 0 Å². The van der Waals surface area contributed by atoms with Crippen molar-refractivity contribution in [1.29, 1.82) is 0 Å². The molecule has 19 heavy (non-hydrogen) atoms. The van der Waals surface area contributed by atoms with Crippen molar-refractivity contribution in [1.82, 2.24) is 0 Å². The molecule has 1 aromatic rings. The Labute approximate surface area is 118 Å². The number of rotatable bonds is 4. The lowest BCUT2D eigenvalue weighted by molar-refractivity contribution is 0.267. The maximum absolute atomic E-state index is 3.83. The number of nitrogens with one attached hydrogen (secondary N) is 1. The van der Waals surface area contributed by atoms with E-state index >= 15 is 0 Å². The number of para-hydroxylation sites is 1. The van der Waals surface area contributed by atoms with Crippen molar-refractivity contribution in [2.24, 2.45) is 11.8 Å². The first-order chi connectivity index (χ1) is 9.11. The molecular weight excluding hydrogens is 230 g/mol. The predicted octanol–water partition coefficient (Wildman–Crippen LogP) is 5.18. The predicted molar refractivity (Wildman–Crippen MR) is 84.8 cm³/mol. The second-order valence-electron chi connectivity index (χ2n) is 6.46. The smallest absolute Gasteiger partial charge is 0.0404 e. The van der Waals surface area contributed by atoms with Gasteiger partial charge in [-0.2, -0.15) is 0 Å². The van der Waals surface area contributed by atoms with Crippen molar-refractivity contribution in [3.63, 3.8) is 0 Å². The fourth-order valence-corrected chi connectivity index (χ4v) is 3.36. The second-order valence-corrected chi connectivity index (χ2v) is 6.46. The van der Waals surface area contributed by atoms with Gasteiger partial charge in [0.15, 0.2) is 0 Å². The Morgan fingerprint density at radius 1 is 1.16 bits per heavy atom. The van der Waals surface area contributed by atoms with Crippen LogP contribution in [0.1, 0.15) is 57.6 Å². The number of hydrogen-bond acceptors (Lipinski definition) is 1. The summed E-state index contributed by atoms with van der Waals surface area (Å²) in [6.07, 6.45) is 6.57. The summed E-state index contributed by atoms with van der Waals surface area (Å²) in [5.74, 6) is 1.80. The maximum atomic E-state index is 3.83. The van der Waals surface area contributed by atoms with Gasteiger partial charge < -0.3 is 5.32 Å². The van der Waals surface area contributed by atoms with E-state index in [-0.39, 0.29) is 0 Å². The Kier molecular flexibility index (Phi) is 4.90. The Hall–Kier alpha value is -0.980. The van der Waals surface area contributed by atoms with Crippen LogP contribution in [-0.2, 0) is 6.42 Å². The van der Waals surface area contributed by atoms with Crippen LogP contribution in [0.2, 0.25) is 0 Å². The molecule has 0 spiro atoms. The first-order valence-electron chi connectivity index (χ1n) is 7.96. The molecule has 0 amide bonds. The molecule has 0 aliphatic heterocycles. The highest BCUT2D eigenvalue weighted by molar-refractivity contribution is 5.57. The molecule has 0 unspecified atom stereocenters. The van der Waals surface area contributed by atoms with Crippen molar-refractivity contribution in [2.45, 2.75) is 65.8 Å². The van der Waals surface area contributed by atoms with Gasteiger partial charge in [0.25, 0.3) is 0 Å². The maximum Gasteiger partial charge on any atom is 0.0404 e. The van der Waals surface area contributed by atoms with Crippen LogP contribution in [0.25, 0.3) is 0 Å². The zero-order valence-corrected chi connectivity index (χ0v) is 13.0. The Balaban J connectivity index is 1.99. The van der Waals surface area contributed by atoms with Crippen LogP contribution < -0.4 is 5.32 Å². The summed E-state index contributed by atoms with van der Waals surface area (Å²) < 4.78 is 0. The topological polar surface area (TPSA) is 12.0 Å². The van der Waals surface area contributed by atoms with E-state index in [0.29, 0.717) is 6.04 Å². The highest BCUT2D eigenvalue weighted by Crippen LogP contribution is 2.32. The molecular formula is C18H29N. The van der Waals surface area contributed by atoms with Crippen LogP contribution in [0.3, 0.4) is 0 Å². The van der Waals surface area contributed by atoms with Gasteiger partial charge >= 0.3 is 0 Å². The van der Waals surface area contributed by atoms with E-state index in [0.717, 1.165) is 18.3 Å². The first-order valence-corrected chi connectivity index (χ1v) is 7.96. The Morgan fingerprint density at radius 2 is 1.84 bits per heavy atom. The molecule has 0 aromatic heterocycles. The molecule has 0 saturated heterocycles. The van der Waals surface area contributed by atoms with E-state index in [2.05, 4.69) is 51.2 Å². The summed E-state index contributed by atoms with van der Waals surface area (Å²) in [6, 6.07) is 7.34. The lowest BCUT2D eigenvalue weighted by atomic mass is 9.79. The fourth-order valence-electron chi connectivity index (χ4n) is 3.36. The lowest BCUT2D eigenvalue weighted by Gasteiger charge is -2.32. The van der Waals surface area contributed by atoms with Crippen LogP contribution >= 0.6 is 0 Å². The van der Waals surface area contributed by atoms with Gasteiger partial charge in [-0.15, -0.1) is 0 Å². The molecule has 1 aliphatic carbocycles. The zero-order valence-electron chi connectivity index (χ0n) is 13.0. The summed E-state index contributed by atoms with van der Waals surface area (Å²) in [4.78, 5) is 0. The molecule has 0 radical (unpaired) electrons. The van der Waals surface area contributed by atoms with Crippen LogP contribution in [0.4, 0.5) is 5.69 Å². The van der Waals surface area contributed by atoms with Gasteiger partial charge in [0.1, 0.15) is 0 Å². The minimum Gasteiger partial charge on any atom is -0.382 e. The quantitative estimate of drug-likeness (QED) is 0.785. The van der Waals surface area contributed by atoms with Gasteiger partial charge in [0.05, 0.1) is 0 Å². The number of benzene rings is 1. The van der Waals surface area contributed by atoms with Crippen molar-refractivity contribution in [3.8, 4) is 0 Å². The molecule has 1 heteroatoms. The van der Waals surface area contributed by atoms with E-state index < -0.39 is 0 Å². The summed E-state index contributed by atoms with van der Waals surface area (Å²) in [7, 11) is 0. The van der Waals surface area contributed by atoms with Crippen LogP contribution in [-0.4, -0.2) is 6.04 Å². The molecule has 1 aromatic carbocycles. The first kappa shape index (κ1) is 14.4. The zero-order chi connectivity index (χ0) is 13.8. The summed E-state index contributed by atoms with van der Waals surface area (Å²) in [5.41, 5.74) is 4.26. The van der Waals surface area contributed by atoms with Gasteiger partial charge in [-0.1, -0.05) is 39.0 Å². The monoisotopic (exact) mass is 259 g/mol. The second kappa shape index (κ2) is 6.45. The van der Waals surface area contributed by atoms with Gasteiger partial charge in [-0.3, -0.25) is 0 Å². The highest BCUT2D eigenvalue weighted by Gasteiger charge is 2.23. The van der Waals surface area contributed by atoms with E-state index in [1.165, 1.54) is 42.5 Å². The Bertz CT molecular complexity index is 400. The van der Waals surface area contributed by atoms with E-state index in [1.54, 1.807) is 0 Å². The summed E-state index contributed by atoms with van der Waals surface area (Å²) >= 11 is 0. The highest BCUT2D eigenvalue weighted by atomic mass is 14.9. The summed E-state index contributed by atoms with van der Waals surface area (Å²) in [5, 5.41) is 3.83. The molecule has 106 valence electrons. The third-order valence-electron chi connectivity index (χ3n) is 4.80. The van der Waals surface area contributed by atoms with Gasteiger partial charge in [-0.25, -0.2) is 0 Å². The van der Waals surface area contributed by atoms with Crippen LogP contribution in [0, 0.1) is 18.8 Å². The Morgan fingerprint density at radius 3 is 2.42 bits per heavy atom. The number of hydrogen-bond donors (Lipinski definition) is 1. The molecule has 0 heterocycles. The molecule has 1 fully saturated rings. The average molecular weight is 259 g/mol. The minimum absolute atomic E-state index is 0.682. The van der Waals surface area contributed by atoms with Gasteiger partial charge in [0.2, 0.25) is 0 Å². The fraction of sp³-hybridized carbons (Fsp3) is 0.667. The average Bonchev–Trinajstić information content (AvgIpc) is 2.41. The SMILES string of the molecule is CCc1cccc(C)c1NC1CCC(C(C)C)CC1. The molecule has 1 N–H and O–H groups in total. The largest absolute Gasteiger partial charge is 0.382 e. The van der Waals surface area contributed by atoms with E-state index in [9.17, 15) is 0 Å². The molecule has 1 nitrogen and oxygen atoms in total. The standard InChI is InChI=1S/C18H29N/c1-5-15-8-6-7-14(4)18(15)19-17-11-9-16(10-12-17)13(2)3/h6-8,13,16-17,19H,5,9-12H2,1-4H3. The molecule has 1 aliphatic rings. The molecule has 2 rings (SSSR count). The van der Waals surface area contributed by atoms with Crippen molar-refractivity contribution in [2.75, 3.05) is 5.32 Å². The number of anilines is 1. The molecule has 1 saturated carbocycles. The van der Waals surface area contributed by atoms with Crippen molar-refractivity contribution < 1.29 is 0 Å². The molecule has 0 bridgehead atoms. The summed E-state index contributed by atoms with van der Waals surface area (Å²) in [6.45, 7) is 9.21. The lowest BCUT2D eigenvalue weighted by Crippen LogP contribution is -2.28. The third kappa shape index (κ3) is 3.52. The minimum atomic E-state index is 0.682. The third-order valence-corrected chi connectivity index (χ3v) is 4.80. The van der Waals surface area contributed by atoms with Gasteiger partial charge in [-0.05, 0) is 62.0 Å².